The predicted octanol–water partition coefficient (Wildman–Crippen LogP) is 3.92. The van der Waals surface area contributed by atoms with Crippen LogP contribution in [0.15, 0.2) is 30.3 Å². The molecule has 7 nitrogen and oxygen atoms in total. The van der Waals surface area contributed by atoms with E-state index in [2.05, 4.69) is 5.32 Å². The van der Waals surface area contributed by atoms with E-state index in [0.717, 1.165) is 31.2 Å². The summed E-state index contributed by atoms with van der Waals surface area (Å²) >= 11 is 0. The van der Waals surface area contributed by atoms with Gasteiger partial charge in [-0.25, -0.2) is 4.79 Å². The Morgan fingerprint density at radius 2 is 1.90 bits per heavy atom. The van der Waals surface area contributed by atoms with E-state index in [0.29, 0.717) is 32.3 Å². The van der Waals surface area contributed by atoms with Crippen LogP contribution in [0.25, 0.3) is 0 Å². The average molecular weight is 419 g/mol. The molecule has 1 N–H and O–H groups in total. The fraction of sp³-hybridized carbons (Fsp3) is 0.652. The van der Waals surface area contributed by atoms with Crippen molar-refractivity contribution in [3.05, 3.63) is 46.0 Å². The van der Waals surface area contributed by atoms with Crippen LogP contribution in [0.4, 0.5) is 0 Å². The Kier molecular flexibility index (Phi) is 9.77. The van der Waals surface area contributed by atoms with Crippen molar-refractivity contribution < 1.29 is 19.2 Å². The van der Waals surface area contributed by atoms with Gasteiger partial charge in [0.25, 0.3) is 0 Å². The van der Waals surface area contributed by atoms with Crippen molar-refractivity contribution in [2.75, 3.05) is 6.61 Å². The number of amides is 1. The van der Waals surface area contributed by atoms with Crippen molar-refractivity contribution in [2.45, 2.75) is 77.3 Å². The summed E-state index contributed by atoms with van der Waals surface area (Å²) < 4.78 is 5.37. The standard InChI is InChI=1S/C23H34N2O5/c1-3-5-15-30-23(27)20(16-17-11-7-6-8-12-17)24-22(26)18(4-2)19-13-9-10-14-21(19)25(28)29/h6-8,11-12,18-21H,3-5,9-10,13-16H2,1-2H3,(H,24,26)/t18-,19-,20-,21-/m1/s1. The predicted molar refractivity (Wildman–Crippen MR) is 114 cm³/mol. The number of nitro groups is 1. The van der Waals surface area contributed by atoms with E-state index >= 15 is 0 Å². The number of rotatable bonds is 11. The molecule has 0 aromatic heterocycles. The summed E-state index contributed by atoms with van der Waals surface area (Å²) in [6.07, 6.45) is 5.40. The number of nitrogens with zero attached hydrogens (tertiary/aromatic N) is 1. The van der Waals surface area contributed by atoms with Crippen LogP contribution in [0, 0.1) is 22.0 Å². The quantitative estimate of drug-likeness (QED) is 0.254. The molecule has 1 amide bonds. The molecule has 1 saturated carbocycles. The third kappa shape index (κ3) is 6.82. The summed E-state index contributed by atoms with van der Waals surface area (Å²) in [5, 5.41) is 14.4. The van der Waals surface area contributed by atoms with Crippen LogP contribution in [-0.2, 0) is 20.7 Å². The number of unbranched alkanes of at least 4 members (excludes halogenated alkanes) is 1. The van der Waals surface area contributed by atoms with Gasteiger partial charge in [-0.1, -0.05) is 57.0 Å². The van der Waals surface area contributed by atoms with Gasteiger partial charge >= 0.3 is 5.97 Å². The van der Waals surface area contributed by atoms with Gasteiger partial charge in [0.05, 0.1) is 6.61 Å². The molecule has 1 aliphatic carbocycles. The first-order valence-electron chi connectivity index (χ1n) is 11.1. The molecule has 7 heteroatoms. The molecule has 2 rings (SSSR count). The van der Waals surface area contributed by atoms with Gasteiger partial charge in [0.1, 0.15) is 6.04 Å². The first-order valence-corrected chi connectivity index (χ1v) is 11.1. The number of nitrogens with one attached hydrogen (secondary N) is 1. The van der Waals surface area contributed by atoms with Crippen molar-refractivity contribution in [1.82, 2.24) is 5.32 Å². The number of benzene rings is 1. The minimum atomic E-state index is -0.802. The van der Waals surface area contributed by atoms with Crippen LogP contribution in [0.3, 0.4) is 0 Å². The highest BCUT2D eigenvalue weighted by atomic mass is 16.6. The monoisotopic (exact) mass is 418 g/mol. The maximum atomic E-state index is 13.1. The molecular formula is C23H34N2O5. The lowest BCUT2D eigenvalue weighted by atomic mass is 9.75. The van der Waals surface area contributed by atoms with E-state index in [4.69, 9.17) is 4.74 Å². The van der Waals surface area contributed by atoms with Crippen molar-refractivity contribution in [3.8, 4) is 0 Å². The van der Waals surface area contributed by atoms with Crippen LogP contribution >= 0.6 is 0 Å². The summed E-state index contributed by atoms with van der Waals surface area (Å²) in [7, 11) is 0. The van der Waals surface area contributed by atoms with E-state index in [9.17, 15) is 19.7 Å². The summed E-state index contributed by atoms with van der Waals surface area (Å²) in [6, 6.07) is 7.97. The zero-order chi connectivity index (χ0) is 21.9. The Labute approximate surface area is 178 Å². The van der Waals surface area contributed by atoms with Crippen molar-refractivity contribution in [2.24, 2.45) is 11.8 Å². The molecular weight excluding hydrogens is 384 g/mol. The van der Waals surface area contributed by atoms with Crippen LogP contribution in [0.2, 0.25) is 0 Å². The Hall–Kier alpha value is -2.44. The molecule has 0 heterocycles. The zero-order valence-corrected chi connectivity index (χ0v) is 18.0. The van der Waals surface area contributed by atoms with Gasteiger partial charge in [0.15, 0.2) is 0 Å². The molecule has 0 aliphatic heterocycles. The Balaban J connectivity index is 2.13. The normalized spacial score (nSPS) is 20.7. The molecule has 0 bridgehead atoms. The summed E-state index contributed by atoms with van der Waals surface area (Å²) in [5.41, 5.74) is 0.920. The van der Waals surface area contributed by atoms with Crippen molar-refractivity contribution in [1.29, 1.82) is 0 Å². The highest BCUT2D eigenvalue weighted by Gasteiger charge is 2.42. The molecule has 0 spiro atoms. The number of carbonyl (C=O) groups excluding carboxylic acids is 2. The van der Waals surface area contributed by atoms with Gasteiger partial charge in [0.2, 0.25) is 11.9 Å². The number of esters is 1. The van der Waals surface area contributed by atoms with E-state index < -0.39 is 24.0 Å². The first-order chi connectivity index (χ1) is 14.5. The van der Waals surface area contributed by atoms with E-state index in [1.54, 1.807) is 0 Å². The van der Waals surface area contributed by atoms with Crippen molar-refractivity contribution in [3.63, 3.8) is 0 Å². The van der Waals surface area contributed by atoms with Gasteiger partial charge < -0.3 is 10.1 Å². The summed E-state index contributed by atoms with van der Waals surface area (Å²) in [5.74, 6) is -1.52. The lowest BCUT2D eigenvalue weighted by Gasteiger charge is -2.31. The first kappa shape index (κ1) is 23.8. The molecule has 1 fully saturated rings. The molecule has 0 radical (unpaired) electrons. The lowest BCUT2D eigenvalue weighted by molar-refractivity contribution is -0.537. The van der Waals surface area contributed by atoms with E-state index in [1.165, 1.54) is 0 Å². The smallest absolute Gasteiger partial charge is 0.328 e. The van der Waals surface area contributed by atoms with Gasteiger partial charge in [-0.15, -0.1) is 0 Å². The second-order valence-electron chi connectivity index (χ2n) is 8.09. The maximum Gasteiger partial charge on any atom is 0.328 e. The number of carbonyl (C=O) groups is 2. The maximum absolute atomic E-state index is 13.1. The largest absolute Gasteiger partial charge is 0.464 e. The van der Waals surface area contributed by atoms with Gasteiger partial charge in [0, 0.05) is 29.6 Å². The second-order valence-corrected chi connectivity index (χ2v) is 8.09. The van der Waals surface area contributed by atoms with Crippen LogP contribution < -0.4 is 5.32 Å². The number of hydrogen-bond acceptors (Lipinski definition) is 5. The van der Waals surface area contributed by atoms with E-state index in [1.807, 2.05) is 44.2 Å². The second kappa shape index (κ2) is 12.3. The highest BCUT2D eigenvalue weighted by molar-refractivity contribution is 5.86. The third-order valence-corrected chi connectivity index (χ3v) is 5.97. The Bertz CT molecular complexity index is 694. The van der Waals surface area contributed by atoms with Crippen LogP contribution in [-0.4, -0.2) is 35.5 Å². The fourth-order valence-electron chi connectivity index (χ4n) is 4.29. The minimum Gasteiger partial charge on any atom is -0.464 e. The summed E-state index contributed by atoms with van der Waals surface area (Å²) in [6.45, 7) is 4.21. The summed E-state index contributed by atoms with van der Waals surface area (Å²) in [4.78, 5) is 37.1. The lowest BCUT2D eigenvalue weighted by Crippen LogP contribution is -2.49. The van der Waals surface area contributed by atoms with Crippen LogP contribution in [0.1, 0.15) is 64.4 Å². The highest BCUT2D eigenvalue weighted by Crippen LogP contribution is 2.34. The molecule has 0 saturated heterocycles. The number of hydrogen-bond donors (Lipinski definition) is 1. The fourth-order valence-corrected chi connectivity index (χ4v) is 4.29. The molecule has 4 atom stereocenters. The van der Waals surface area contributed by atoms with Crippen LogP contribution in [0.5, 0.6) is 0 Å². The topological polar surface area (TPSA) is 98.5 Å². The minimum absolute atomic E-state index is 0.236. The SMILES string of the molecule is CCCCOC(=O)[C@@H](Cc1ccccc1)NC(=O)[C@H](CC)[C@H]1CCCC[C@H]1[N+](=O)[O-]. The molecule has 1 aromatic carbocycles. The van der Waals surface area contributed by atoms with Gasteiger partial charge in [-0.3, -0.25) is 14.9 Å². The van der Waals surface area contributed by atoms with Gasteiger partial charge in [-0.2, -0.15) is 0 Å². The van der Waals surface area contributed by atoms with E-state index in [-0.39, 0.29) is 16.7 Å². The molecule has 1 aliphatic rings. The zero-order valence-electron chi connectivity index (χ0n) is 18.0. The Morgan fingerprint density at radius 3 is 2.53 bits per heavy atom. The molecule has 30 heavy (non-hydrogen) atoms. The molecule has 1 aromatic rings. The number of ether oxygens (including phenoxy) is 1. The average Bonchev–Trinajstić information content (AvgIpc) is 2.75. The molecule has 166 valence electrons. The van der Waals surface area contributed by atoms with Gasteiger partial charge in [-0.05, 0) is 31.2 Å². The van der Waals surface area contributed by atoms with Crippen molar-refractivity contribution >= 4 is 11.9 Å². The molecule has 0 unspecified atom stereocenters. The Morgan fingerprint density at radius 1 is 1.20 bits per heavy atom. The third-order valence-electron chi connectivity index (χ3n) is 5.97.